The Hall–Kier alpha value is -2.64. The van der Waals surface area contributed by atoms with Crippen LogP contribution < -0.4 is 0 Å². The summed E-state index contributed by atoms with van der Waals surface area (Å²) in [5.74, 6) is 0.0333. The van der Waals surface area contributed by atoms with Crippen LogP contribution in [-0.2, 0) is 20.7 Å². The number of thiazole rings is 1. The second-order valence-electron chi connectivity index (χ2n) is 7.37. The van der Waals surface area contributed by atoms with E-state index in [1.807, 2.05) is 28.9 Å². The molecular weight excluding hydrogens is 386 g/mol. The summed E-state index contributed by atoms with van der Waals surface area (Å²) in [4.78, 5) is 36.0. The van der Waals surface area contributed by atoms with E-state index in [-0.39, 0.29) is 17.7 Å². The molecule has 0 radical (unpaired) electrons. The van der Waals surface area contributed by atoms with Crippen LogP contribution in [-0.4, -0.2) is 53.4 Å². The molecule has 1 aromatic carbocycles. The van der Waals surface area contributed by atoms with Gasteiger partial charge < -0.3 is 4.74 Å². The molecule has 0 aliphatic carbocycles. The summed E-state index contributed by atoms with van der Waals surface area (Å²) in [6, 6.07) is 8.28. The number of pyridine rings is 1. The van der Waals surface area contributed by atoms with Crippen molar-refractivity contribution in [2.24, 2.45) is 5.92 Å². The van der Waals surface area contributed by atoms with Crippen LogP contribution in [0.5, 0.6) is 0 Å². The van der Waals surface area contributed by atoms with Gasteiger partial charge in [0.2, 0.25) is 0 Å². The number of likely N-dealkylation sites (tertiary alicyclic amines) is 1. The van der Waals surface area contributed by atoms with E-state index in [0.717, 1.165) is 52.8 Å². The van der Waals surface area contributed by atoms with Gasteiger partial charge in [0.15, 0.2) is 0 Å². The molecule has 0 bridgehead atoms. The first-order valence-corrected chi connectivity index (χ1v) is 10.6. The van der Waals surface area contributed by atoms with E-state index in [0.29, 0.717) is 13.0 Å². The Kier molecular flexibility index (Phi) is 5.97. The van der Waals surface area contributed by atoms with Crippen molar-refractivity contribution in [2.75, 3.05) is 26.7 Å². The number of methoxy groups -OCH3 is 1. The molecule has 1 aliphatic heterocycles. The Labute approximate surface area is 173 Å². The molecule has 1 saturated heterocycles. The topological polar surface area (TPSA) is 72.4 Å². The number of ketones is 1. The third-order valence-electron chi connectivity index (χ3n) is 5.47. The van der Waals surface area contributed by atoms with Crippen LogP contribution in [0.4, 0.5) is 0 Å². The van der Waals surface area contributed by atoms with Gasteiger partial charge in [-0.15, -0.1) is 11.3 Å². The average molecular weight is 410 g/mol. The first-order chi connectivity index (χ1) is 14.1. The number of carbonyl (C=O) groups excluding carboxylic acids is 2. The van der Waals surface area contributed by atoms with E-state index in [2.05, 4.69) is 28.2 Å². The molecule has 0 saturated carbocycles. The van der Waals surface area contributed by atoms with E-state index in [1.54, 1.807) is 11.3 Å². The molecule has 4 rings (SSSR count). The predicted octanol–water partition coefficient (Wildman–Crippen LogP) is 3.35. The number of benzene rings is 1. The quantitative estimate of drug-likeness (QED) is 0.582. The van der Waals surface area contributed by atoms with Gasteiger partial charge in [-0.3, -0.25) is 24.5 Å². The Morgan fingerprint density at radius 2 is 2.00 bits per heavy atom. The lowest BCUT2D eigenvalue weighted by atomic mass is 9.90. The number of fused-ring (bicyclic) bond motifs is 1. The van der Waals surface area contributed by atoms with Gasteiger partial charge >= 0.3 is 5.97 Å². The number of hydrogen-bond donors (Lipinski definition) is 0. The van der Waals surface area contributed by atoms with Gasteiger partial charge in [-0.25, -0.2) is 0 Å². The number of nitrogens with zero attached hydrogens (tertiary/aromatic N) is 3. The Morgan fingerprint density at radius 3 is 2.72 bits per heavy atom. The molecule has 3 heterocycles. The lowest BCUT2D eigenvalue weighted by molar-refractivity contribution is -0.142. The van der Waals surface area contributed by atoms with E-state index in [9.17, 15) is 9.59 Å². The maximum Gasteiger partial charge on any atom is 0.319 e. The van der Waals surface area contributed by atoms with Crippen LogP contribution in [0.2, 0.25) is 0 Å². The van der Waals surface area contributed by atoms with Gasteiger partial charge in [-0.2, -0.15) is 0 Å². The van der Waals surface area contributed by atoms with Crippen molar-refractivity contribution in [1.82, 2.24) is 14.9 Å². The summed E-state index contributed by atoms with van der Waals surface area (Å²) in [5.41, 5.74) is 3.76. The number of esters is 1. The summed E-state index contributed by atoms with van der Waals surface area (Å²) in [5, 5.41) is 2.15. The molecule has 7 heteroatoms. The lowest BCUT2D eigenvalue weighted by Crippen LogP contribution is -2.39. The van der Waals surface area contributed by atoms with Gasteiger partial charge in [0, 0.05) is 35.8 Å². The monoisotopic (exact) mass is 409 g/mol. The molecule has 0 N–H and O–H groups in total. The number of hydrogen-bond acceptors (Lipinski definition) is 7. The van der Waals surface area contributed by atoms with E-state index < -0.39 is 0 Å². The highest BCUT2D eigenvalue weighted by Gasteiger charge is 2.26. The minimum atomic E-state index is -0.229. The number of ether oxygens (including phenoxy) is 1. The minimum absolute atomic E-state index is 0.0323. The van der Waals surface area contributed by atoms with Gasteiger partial charge in [0.25, 0.3) is 0 Å². The molecule has 29 heavy (non-hydrogen) atoms. The zero-order chi connectivity index (χ0) is 20.2. The van der Waals surface area contributed by atoms with Crippen LogP contribution in [0.3, 0.4) is 0 Å². The van der Waals surface area contributed by atoms with Crippen molar-refractivity contribution in [3.8, 4) is 10.4 Å². The number of piperidine rings is 1. The fourth-order valence-corrected chi connectivity index (χ4v) is 4.40. The molecule has 1 fully saturated rings. The summed E-state index contributed by atoms with van der Waals surface area (Å²) in [7, 11) is 1.40. The van der Waals surface area contributed by atoms with Gasteiger partial charge in [0.05, 0.1) is 24.0 Å². The van der Waals surface area contributed by atoms with Crippen molar-refractivity contribution in [1.29, 1.82) is 0 Å². The molecule has 2 aromatic heterocycles. The van der Waals surface area contributed by atoms with Gasteiger partial charge in [-0.1, -0.05) is 12.1 Å². The summed E-state index contributed by atoms with van der Waals surface area (Å²) >= 11 is 1.61. The zero-order valence-corrected chi connectivity index (χ0v) is 17.2. The highest BCUT2D eigenvalue weighted by molar-refractivity contribution is 7.13. The standard InChI is InChI=1S/C22H23N3O3S/c1-28-22(27)13-25-6-4-15(5-7-25)20(26)10-19-9-18-8-16(21-12-23-14-29-21)2-3-17(18)11-24-19/h2-3,8-9,11-12,14-15H,4-7,10,13H2,1H3. The van der Waals surface area contributed by atoms with Crippen LogP contribution in [0.15, 0.2) is 42.2 Å². The van der Waals surface area contributed by atoms with Gasteiger partial charge in [0.1, 0.15) is 5.78 Å². The molecule has 0 unspecified atom stereocenters. The van der Waals surface area contributed by atoms with E-state index in [1.165, 1.54) is 7.11 Å². The van der Waals surface area contributed by atoms with Crippen LogP contribution in [0, 0.1) is 5.92 Å². The fraction of sp³-hybridized carbons (Fsp3) is 0.364. The maximum absolute atomic E-state index is 12.8. The molecule has 3 aromatic rings. The van der Waals surface area contributed by atoms with E-state index >= 15 is 0 Å². The number of carbonyl (C=O) groups is 2. The first-order valence-electron chi connectivity index (χ1n) is 9.72. The van der Waals surface area contributed by atoms with Crippen molar-refractivity contribution in [3.63, 3.8) is 0 Å². The Balaban J connectivity index is 1.41. The number of aromatic nitrogens is 2. The molecule has 0 atom stereocenters. The highest BCUT2D eigenvalue weighted by atomic mass is 32.1. The lowest BCUT2D eigenvalue weighted by Gasteiger charge is -2.30. The smallest absolute Gasteiger partial charge is 0.319 e. The molecule has 0 spiro atoms. The second-order valence-corrected chi connectivity index (χ2v) is 8.26. The summed E-state index contributed by atoms with van der Waals surface area (Å²) < 4.78 is 4.71. The fourth-order valence-electron chi connectivity index (χ4n) is 3.78. The van der Waals surface area contributed by atoms with Crippen molar-refractivity contribution < 1.29 is 14.3 Å². The molecule has 1 aliphatic rings. The Bertz CT molecular complexity index is 1010. The SMILES string of the molecule is COC(=O)CN1CCC(C(=O)Cc2cc3cc(-c4cncs4)ccc3cn2)CC1. The molecular formula is C22H23N3O3S. The third-order valence-corrected chi connectivity index (χ3v) is 6.30. The van der Waals surface area contributed by atoms with E-state index in [4.69, 9.17) is 4.74 Å². The van der Waals surface area contributed by atoms with Crippen molar-refractivity contribution >= 4 is 33.9 Å². The van der Waals surface area contributed by atoms with Crippen LogP contribution in [0.25, 0.3) is 21.2 Å². The summed E-state index contributed by atoms with van der Waals surface area (Å²) in [6.07, 6.45) is 5.61. The normalized spacial score (nSPS) is 15.5. The molecule has 0 amide bonds. The zero-order valence-electron chi connectivity index (χ0n) is 16.3. The largest absolute Gasteiger partial charge is 0.468 e. The Morgan fingerprint density at radius 1 is 1.17 bits per heavy atom. The van der Waals surface area contributed by atoms with Crippen molar-refractivity contribution in [3.05, 3.63) is 47.9 Å². The number of Topliss-reactive ketones (excluding diaryl/α,β-unsaturated/α-hetero) is 1. The molecule has 150 valence electrons. The average Bonchev–Trinajstić information content (AvgIpc) is 3.28. The highest BCUT2D eigenvalue weighted by Crippen LogP contribution is 2.27. The summed E-state index contributed by atoms with van der Waals surface area (Å²) in [6.45, 7) is 1.79. The predicted molar refractivity (Wildman–Crippen MR) is 113 cm³/mol. The number of rotatable bonds is 6. The van der Waals surface area contributed by atoms with Crippen LogP contribution >= 0.6 is 11.3 Å². The van der Waals surface area contributed by atoms with Crippen LogP contribution in [0.1, 0.15) is 18.5 Å². The maximum atomic E-state index is 12.8. The third kappa shape index (κ3) is 4.68. The first kappa shape index (κ1) is 19.7. The minimum Gasteiger partial charge on any atom is -0.468 e. The van der Waals surface area contributed by atoms with Gasteiger partial charge in [-0.05, 0) is 49.0 Å². The van der Waals surface area contributed by atoms with Crippen molar-refractivity contribution in [2.45, 2.75) is 19.3 Å². The molecule has 6 nitrogen and oxygen atoms in total. The second kappa shape index (κ2) is 8.80.